The first kappa shape index (κ1) is 24.9. The van der Waals surface area contributed by atoms with Crippen LogP contribution in [-0.4, -0.2) is 42.2 Å². The predicted molar refractivity (Wildman–Crippen MR) is 139 cm³/mol. The highest BCUT2D eigenvalue weighted by atomic mass is 16.5. The molecule has 0 saturated carbocycles. The molecule has 0 bridgehead atoms. The zero-order valence-electron chi connectivity index (χ0n) is 20.7. The highest BCUT2D eigenvalue weighted by Gasteiger charge is 2.39. The van der Waals surface area contributed by atoms with E-state index in [1.807, 2.05) is 0 Å². The fourth-order valence-corrected chi connectivity index (χ4v) is 5.18. The zero-order chi connectivity index (χ0) is 28.3. The first-order valence-electron chi connectivity index (χ1n) is 12.3. The summed E-state index contributed by atoms with van der Waals surface area (Å²) in [5.41, 5.74) is 0.139. The zero-order valence-corrected chi connectivity index (χ0v) is 20.7. The summed E-state index contributed by atoms with van der Waals surface area (Å²) in [6, 6.07) is 13.8. The number of carbonyl (C=O) groups excluding carboxylic acids is 2. The number of phenols is 6. The van der Waals surface area contributed by atoms with Gasteiger partial charge < -0.3 is 40.1 Å². The fourth-order valence-electron chi connectivity index (χ4n) is 5.18. The van der Waals surface area contributed by atoms with Crippen LogP contribution in [-0.2, 0) is 0 Å². The van der Waals surface area contributed by atoms with Crippen LogP contribution in [0.15, 0.2) is 60.7 Å². The topological polar surface area (TPSA) is 174 Å². The van der Waals surface area contributed by atoms with Crippen LogP contribution in [0, 0.1) is 0 Å². The molecular formula is C30H22O10. The molecule has 0 fully saturated rings. The van der Waals surface area contributed by atoms with E-state index in [1.54, 1.807) is 24.3 Å². The van der Waals surface area contributed by atoms with E-state index in [2.05, 4.69) is 0 Å². The maximum atomic E-state index is 13.2. The van der Waals surface area contributed by atoms with E-state index >= 15 is 0 Å². The lowest BCUT2D eigenvalue weighted by atomic mass is 9.87. The Bertz CT molecular complexity index is 1560. The van der Waals surface area contributed by atoms with E-state index in [9.17, 15) is 40.2 Å². The molecule has 4 aromatic carbocycles. The average Bonchev–Trinajstić information content (AvgIpc) is 2.90. The van der Waals surface area contributed by atoms with Crippen molar-refractivity contribution in [3.8, 4) is 57.1 Å². The third kappa shape index (κ3) is 3.97. The van der Waals surface area contributed by atoms with Crippen LogP contribution < -0.4 is 9.47 Å². The second kappa shape index (κ2) is 9.12. The van der Waals surface area contributed by atoms with Crippen molar-refractivity contribution in [2.24, 2.45) is 0 Å². The van der Waals surface area contributed by atoms with Crippen LogP contribution in [0.4, 0.5) is 0 Å². The molecule has 2 atom stereocenters. The first-order chi connectivity index (χ1) is 19.1. The van der Waals surface area contributed by atoms with Crippen LogP contribution in [0.3, 0.4) is 0 Å². The number of ketones is 2. The number of fused-ring (bicyclic) bond motifs is 2. The Morgan fingerprint density at radius 2 is 0.825 bits per heavy atom. The minimum atomic E-state index is -0.872. The number of rotatable bonds is 3. The van der Waals surface area contributed by atoms with Gasteiger partial charge in [-0.05, 0) is 35.4 Å². The van der Waals surface area contributed by atoms with Crippen molar-refractivity contribution >= 4 is 11.6 Å². The molecule has 4 aromatic rings. The molecule has 10 heteroatoms. The van der Waals surface area contributed by atoms with Gasteiger partial charge in [0.15, 0.2) is 11.6 Å². The van der Waals surface area contributed by atoms with Crippen LogP contribution in [0.2, 0.25) is 0 Å². The van der Waals surface area contributed by atoms with E-state index in [-0.39, 0.29) is 58.1 Å². The number of Topliss-reactive ketones (excluding diaryl/α,β-unsaturated/α-hetero) is 2. The number of aromatic hydroxyl groups is 6. The van der Waals surface area contributed by atoms with Crippen LogP contribution in [0.5, 0.6) is 46.0 Å². The number of benzene rings is 4. The monoisotopic (exact) mass is 542 g/mol. The Morgan fingerprint density at radius 1 is 0.500 bits per heavy atom. The molecule has 0 spiro atoms. The molecule has 10 nitrogen and oxygen atoms in total. The van der Waals surface area contributed by atoms with E-state index in [0.717, 1.165) is 12.1 Å². The molecule has 0 aliphatic carbocycles. The number of phenolic OH excluding ortho intramolecular Hbond substituents is 6. The van der Waals surface area contributed by atoms with Gasteiger partial charge in [0.2, 0.25) is 0 Å². The summed E-state index contributed by atoms with van der Waals surface area (Å²) >= 11 is 0. The smallest absolute Gasteiger partial charge is 0.174 e. The molecule has 0 unspecified atom stereocenters. The fraction of sp³-hybridized carbons (Fsp3) is 0.133. The maximum absolute atomic E-state index is 13.2. The van der Waals surface area contributed by atoms with Gasteiger partial charge in [-0.25, -0.2) is 0 Å². The van der Waals surface area contributed by atoms with Gasteiger partial charge in [-0.15, -0.1) is 0 Å². The Kier molecular flexibility index (Phi) is 5.69. The lowest BCUT2D eigenvalue weighted by Gasteiger charge is -2.31. The SMILES string of the molecule is O=C1C[C@@H](c2ccc(O)cc2)Oc2c1c(O)cc(O)c2-c1c(O)cc(O)c2c1O[C@H](c1ccc(O)cc1)CC2=O. The molecule has 0 saturated heterocycles. The van der Waals surface area contributed by atoms with E-state index in [1.165, 1.54) is 24.3 Å². The van der Waals surface area contributed by atoms with Gasteiger partial charge in [-0.2, -0.15) is 0 Å². The summed E-state index contributed by atoms with van der Waals surface area (Å²) in [5.74, 6) is -3.76. The van der Waals surface area contributed by atoms with Gasteiger partial charge in [0.1, 0.15) is 69.3 Å². The second-order valence-electron chi connectivity index (χ2n) is 9.64. The maximum Gasteiger partial charge on any atom is 0.174 e. The van der Waals surface area contributed by atoms with Crippen LogP contribution >= 0.6 is 0 Å². The van der Waals surface area contributed by atoms with E-state index < -0.39 is 46.8 Å². The van der Waals surface area contributed by atoms with Crippen molar-refractivity contribution in [2.75, 3.05) is 0 Å². The van der Waals surface area contributed by atoms with Crippen molar-refractivity contribution in [3.63, 3.8) is 0 Å². The van der Waals surface area contributed by atoms with Crippen molar-refractivity contribution in [1.82, 2.24) is 0 Å². The molecular weight excluding hydrogens is 520 g/mol. The van der Waals surface area contributed by atoms with Crippen molar-refractivity contribution in [2.45, 2.75) is 25.0 Å². The first-order valence-corrected chi connectivity index (χ1v) is 12.3. The van der Waals surface area contributed by atoms with Gasteiger partial charge in [-0.1, -0.05) is 24.3 Å². The van der Waals surface area contributed by atoms with Crippen LogP contribution in [0.1, 0.15) is 56.9 Å². The minimum Gasteiger partial charge on any atom is -0.508 e. The molecule has 6 N–H and O–H groups in total. The molecule has 2 aliphatic heterocycles. The van der Waals surface area contributed by atoms with Crippen LogP contribution in [0.25, 0.3) is 11.1 Å². The highest BCUT2D eigenvalue weighted by molar-refractivity contribution is 6.09. The Balaban J connectivity index is 1.56. The molecule has 40 heavy (non-hydrogen) atoms. The minimum absolute atomic E-state index is 0.00732. The standard InChI is InChI=1S/C30H22O10/c31-15-5-1-13(2-6-15)23-11-21(37)25-17(33)9-19(35)27(29(25)39-23)28-20(36)10-18(34)26-22(38)12-24(40-30(26)28)14-3-7-16(32)8-4-14/h1-10,23-24,31-36H,11-12H2/t23-,24-/m0/s1. The van der Waals surface area contributed by atoms with Gasteiger partial charge in [-0.3, -0.25) is 9.59 Å². The third-order valence-electron chi connectivity index (χ3n) is 7.08. The van der Waals surface area contributed by atoms with Gasteiger partial charge >= 0.3 is 0 Å². The van der Waals surface area contributed by atoms with Gasteiger partial charge in [0.25, 0.3) is 0 Å². The molecule has 6 rings (SSSR count). The average molecular weight is 542 g/mol. The quantitative estimate of drug-likeness (QED) is 0.207. The van der Waals surface area contributed by atoms with Crippen molar-refractivity contribution in [3.05, 3.63) is 82.9 Å². The number of hydrogen-bond acceptors (Lipinski definition) is 10. The Hall–Kier alpha value is -5.38. The van der Waals surface area contributed by atoms with Crippen molar-refractivity contribution < 1.29 is 49.7 Å². The summed E-state index contributed by atoms with van der Waals surface area (Å²) in [6.45, 7) is 0. The lowest BCUT2D eigenvalue weighted by molar-refractivity contribution is 0.0831. The Morgan fingerprint density at radius 3 is 1.18 bits per heavy atom. The number of hydrogen-bond donors (Lipinski definition) is 6. The lowest BCUT2D eigenvalue weighted by Crippen LogP contribution is -2.22. The summed E-state index contributed by atoms with van der Waals surface area (Å²) in [4.78, 5) is 26.4. The summed E-state index contributed by atoms with van der Waals surface area (Å²) < 4.78 is 12.3. The summed E-state index contributed by atoms with van der Waals surface area (Å²) in [5, 5.41) is 62.5. The Labute approximate surface area is 226 Å². The molecule has 202 valence electrons. The largest absolute Gasteiger partial charge is 0.508 e. The highest BCUT2D eigenvalue weighted by Crippen LogP contribution is 2.57. The molecule has 0 radical (unpaired) electrons. The van der Waals surface area contributed by atoms with Crippen molar-refractivity contribution in [1.29, 1.82) is 0 Å². The second-order valence-corrected chi connectivity index (χ2v) is 9.64. The van der Waals surface area contributed by atoms with E-state index in [0.29, 0.717) is 11.1 Å². The normalized spacial score (nSPS) is 17.9. The summed E-state index contributed by atoms with van der Waals surface area (Å²) in [7, 11) is 0. The summed E-state index contributed by atoms with van der Waals surface area (Å²) in [6.07, 6.45) is -2.06. The third-order valence-corrected chi connectivity index (χ3v) is 7.08. The molecule has 2 heterocycles. The molecule has 0 aromatic heterocycles. The number of carbonyl (C=O) groups is 2. The van der Waals surface area contributed by atoms with Gasteiger partial charge in [0, 0.05) is 12.1 Å². The number of ether oxygens (including phenoxy) is 2. The van der Waals surface area contributed by atoms with E-state index in [4.69, 9.17) is 9.47 Å². The van der Waals surface area contributed by atoms with Gasteiger partial charge in [0.05, 0.1) is 24.0 Å². The molecule has 2 aliphatic rings. The molecule has 0 amide bonds. The predicted octanol–water partition coefficient (Wildman–Crippen LogP) is 5.00.